The van der Waals surface area contributed by atoms with E-state index in [2.05, 4.69) is 17.4 Å². The summed E-state index contributed by atoms with van der Waals surface area (Å²) in [5.41, 5.74) is 5.12. The highest BCUT2D eigenvalue weighted by Gasteiger charge is 2.41. The van der Waals surface area contributed by atoms with Crippen molar-refractivity contribution < 1.29 is 28.5 Å². The van der Waals surface area contributed by atoms with E-state index >= 15 is 0 Å². The number of aliphatic carboxylic acids is 1. The van der Waals surface area contributed by atoms with E-state index in [1.165, 1.54) is 0 Å². The standard InChI is InChI=1S/C34H40N3O6P/c38-33(39)32(35-34(40)42-24-31-29-13-5-3-11-27(29)28-12-4-6-14-30(28)31)23-25-15-17-26(18-16-25)43-44(41,36-19-7-1-8-20-36)37-21-9-2-10-22-37/h3-6,11-18,31-32H,1-2,7-10,19-24H2,(H,35,40)(H,38,39)/t32-/m0/s1. The maximum absolute atomic E-state index is 14.3. The number of carboxylic acid groups (broad SMARTS) is 1. The number of carbonyl (C=O) groups is 2. The topological polar surface area (TPSA) is 108 Å². The Labute approximate surface area is 258 Å². The zero-order chi connectivity index (χ0) is 30.5. The monoisotopic (exact) mass is 617 g/mol. The van der Waals surface area contributed by atoms with Crippen LogP contribution < -0.4 is 9.84 Å². The van der Waals surface area contributed by atoms with Crippen molar-refractivity contribution in [1.82, 2.24) is 14.7 Å². The van der Waals surface area contributed by atoms with Gasteiger partial charge < -0.3 is 19.7 Å². The van der Waals surface area contributed by atoms with Crippen molar-refractivity contribution in [2.24, 2.45) is 0 Å². The Kier molecular flexibility index (Phi) is 9.36. The highest BCUT2D eigenvalue weighted by molar-refractivity contribution is 7.54. The summed E-state index contributed by atoms with van der Waals surface area (Å²) < 4.78 is 30.3. The van der Waals surface area contributed by atoms with Crippen molar-refractivity contribution in [2.75, 3.05) is 32.8 Å². The Morgan fingerprint density at radius 3 is 1.84 bits per heavy atom. The van der Waals surface area contributed by atoms with Crippen LogP contribution in [-0.2, 0) is 20.5 Å². The fourth-order valence-corrected chi connectivity index (χ4v) is 9.16. The van der Waals surface area contributed by atoms with Crippen molar-refractivity contribution in [2.45, 2.75) is 56.9 Å². The Hall–Kier alpha value is -3.65. The van der Waals surface area contributed by atoms with Gasteiger partial charge >= 0.3 is 19.7 Å². The van der Waals surface area contributed by atoms with Gasteiger partial charge in [0, 0.05) is 38.5 Å². The molecule has 3 aromatic carbocycles. The number of alkyl carbamates (subject to hydrolysis) is 1. The van der Waals surface area contributed by atoms with Crippen molar-refractivity contribution in [3.8, 4) is 16.9 Å². The lowest BCUT2D eigenvalue weighted by atomic mass is 9.98. The average molecular weight is 618 g/mol. The molecule has 0 unspecified atom stereocenters. The van der Waals surface area contributed by atoms with Gasteiger partial charge in [-0.25, -0.2) is 23.5 Å². The van der Waals surface area contributed by atoms with Gasteiger partial charge in [-0.2, -0.15) is 0 Å². The normalized spacial score (nSPS) is 18.2. The van der Waals surface area contributed by atoms with Crippen LogP contribution in [0.15, 0.2) is 72.8 Å². The van der Waals surface area contributed by atoms with Gasteiger partial charge in [0.15, 0.2) is 0 Å². The fraction of sp³-hybridized carbons (Fsp3) is 0.412. The van der Waals surface area contributed by atoms with Crippen LogP contribution in [0.3, 0.4) is 0 Å². The third-order valence-electron chi connectivity index (χ3n) is 8.90. The van der Waals surface area contributed by atoms with Crippen LogP contribution in [-0.4, -0.2) is 65.3 Å². The molecule has 0 aromatic heterocycles. The summed E-state index contributed by atoms with van der Waals surface area (Å²) in [4.78, 5) is 24.9. The third kappa shape index (κ3) is 6.55. The smallest absolute Gasteiger partial charge is 0.407 e. The van der Waals surface area contributed by atoms with Crippen LogP contribution in [0.5, 0.6) is 5.75 Å². The fourth-order valence-electron chi connectivity index (χ4n) is 6.60. The van der Waals surface area contributed by atoms with Crippen LogP contribution in [0, 0.1) is 0 Å². The number of benzene rings is 3. The summed E-state index contributed by atoms with van der Waals surface area (Å²) in [6.07, 6.45) is 5.60. The Morgan fingerprint density at radius 1 is 0.795 bits per heavy atom. The molecule has 2 saturated heterocycles. The number of hydrogen-bond acceptors (Lipinski definition) is 5. The van der Waals surface area contributed by atoms with Gasteiger partial charge in [0.05, 0.1) is 0 Å². The second-order valence-corrected chi connectivity index (χ2v) is 14.1. The molecule has 0 radical (unpaired) electrons. The molecule has 0 saturated carbocycles. The van der Waals surface area contributed by atoms with Crippen LogP contribution in [0.2, 0.25) is 0 Å². The van der Waals surface area contributed by atoms with Gasteiger partial charge in [0.2, 0.25) is 0 Å². The molecule has 1 aliphatic carbocycles. The first-order valence-corrected chi connectivity index (χ1v) is 17.2. The predicted octanol–water partition coefficient (Wildman–Crippen LogP) is 6.68. The SMILES string of the molecule is O=C(N[C@@H](Cc1ccc(OP(=O)(N2CCCCC2)N2CCCCC2)cc1)C(=O)O)OCC1c2ccccc2-c2ccccc21. The molecule has 2 N–H and O–H groups in total. The maximum atomic E-state index is 14.3. The maximum Gasteiger partial charge on any atom is 0.407 e. The second kappa shape index (κ2) is 13.6. The van der Waals surface area contributed by atoms with Crippen molar-refractivity contribution in [3.63, 3.8) is 0 Å². The molecule has 6 rings (SSSR count). The van der Waals surface area contributed by atoms with Crippen LogP contribution >= 0.6 is 7.67 Å². The summed E-state index contributed by atoms with van der Waals surface area (Å²) in [6.45, 7) is 3.13. The van der Waals surface area contributed by atoms with E-state index in [4.69, 9.17) is 9.26 Å². The first-order valence-electron chi connectivity index (χ1n) is 15.7. The third-order valence-corrected chi connectivity index (χ3v) is 11.6. The summed E-state index contributed by atoms with van der Waals surface area (Å²) in [7, 11) is -3.23. The Morgan fingerprint density at radius 2 is 1.32 bits per heavy atom. The molecular formula is C34H40N3O6P. The summed E-state index contributed by atoms with van der Waals surface area (Å²) >= 11 is 0. The number of carboxylic acids is 1. The van der Waals surface area contributed by atoms with Crippen molar-refractivity contribution >= 4 is 19.7 Å². The van der Waals surface area contributed by atoms with Crippen molar-refractivity contribution in [1.29, 1.82) is 0 Å². The number of amides is 1. The lowest BCUT2D eigenvalue weighted by Gasteiger charge is -2.41. The number of rotatable bonds is 10. The van der Waals surface area contributed by atoms with Gasteiger partial charge in [-0.15, -0.1) is 0 Å². The van der Waals surface area contributed by atoms with E-state index in [0.717, 1.165) is 87.0 Å². The second-order valence-electron chi connectivity index (χ2n) is 11.8. The molecule has 1 atom stereocenters. The highest BCUT2D eigenvalue weighted by atomic mass is 31.2. The van der Waals surface area contributed by atoms with Gasteiger partial charge in [0.25, 0.3) is 0 Å². The van der Waals surface area contributed by atoms with E-state index in [0.29, 0.717) is 11.3 Å². The minimum atomic E-state index is -3.23. The van der Waals surface area contributed by atoms with E-state index < -0.39 is 25.8 Å². The van der Waals surface area contributed by atoms with Crippen LogP contribution in [0.25, 0.3) is 11.1 Å². The van der Waals surface area contributed by atoms with Crippen LogP contribution in [0.1, 0.15) is 61.1 Å². The largest absolute Gasteiger partial charge is 0.480 e. The molecule has 0 bridgehead atoms. The number of piperidine rings is 2. The van der Waals surface area contributed by atoms with Gasteiger partial charge in [-0.05, 0) is 65.6 Å². The molecule has 0 spiro atoms. The molecule has 2 heterocycles. The lowest BCUT2D eigenvalue weighted by Crippen LogP contribution is -2.42. The molecule has 2 fully saturated rings. The molecule has 3 aromatic rings. The average Bonchev–Trinajstić information content (AvgIpc) is 3.38. The summed E-state index contributed by atoms with van der Waals surface area (Å²) in [6, 6.07) is 21.9. The molecule has 1 amide bonds. The van der Waals surface area contributed by atoms with Crippen LogP contribution in [0.4, 0.5) is 4.79 Å². The van der Waals surface area contributed by atoms with Gasteiger partial charge in [-0.1, -0.05) is 73.5 Å². The summed E-state index contributed by atoms with van der Waals surface area (Å²) in [5.74, 6) is -0.780. The van der Waals surface area contributed by atoms with Crippen molar-refractivity contribution in [3.05, 3.63) is 89.5 Å². The molecule has 9 nitrogen and oxygen atoms in total. The summed E-state index contributed by atoms with van der Waals surface area (Å²) in [5, 5.41) is 12.4. The quantitative estimate of drug-likeness (QED) is 0.243. The first kappa shape index (κ1) is 30.4. The lowest BCUT2D eigenvalue weighted by molar-refractivity contribution is -0.139. The molecule has 232 valence electrons. The number of ether oxygens (including phenoxy) is 1. The molecular weight excluding hydrogens is 577 g/mol. The first-order chi connectivity index (χ1) is 21.4. The van der Waals surface area contributed by atoms with E-state index in [1.54, 1.807) is 24.3 Å². The molecule has 10 heteroatoms. The van der Waals surface area contributed by atoms with E-state index in [9.17, 15) is 19.3 Å². The highest BCUT2D eigenvalue weighted by Crippen LogP contribution is 2.56. The zero-order valence-corrected chi connectivity index (χ0v) is 25.8. The number of nitrogens with one attached hydrogen (secondary N) is 1. The minimum absolute atomic E-state index is 0.0652. The number of hydrogen-bond donors (Lipinski definition) is 2. The number of carbonyl (C=O) groups excluding carboxylic acids is 1. The number of nitrogens with zero attached hydrogens (tertiary/aromatic N) is 2. The Balaban J connectivity index is 1.08. The molecule has 2 aliphatic heterocycles. The number of fused-ring (bicyclic) bond motifs is 3. The Bertz CT molecular complexity index is 1450. The zero-order valence-electron chi connectivity index (χ0n) is 24.9. The molecule has 3 aliphatic rings. The van der Waals surface area contributed by atoms with Gasteiger partial charge in [0.1, 0.15) is 18.4 Å². The molecule has 44 heavy (non-hydrogen) atoms. The van der Waals surface area contributed by atoms with E-state index in [1.807, 2.05) is 45.7 Å². The van der Waals surface area contributed by atoms with E-state index in [-0.39, 0.29) is 18.9 Å². The van der Waals surface area contributed by atoms with Gasteiger partial charge in [-0.3, -0.25) is 0 Å². The predicted molar refractivity (Wildman–Crippen MR) is 169 cm³/mol. The minimum Gasteiger partial charge on any atom is -0.480 e.